The molecule has 5 rings (SSSR count). The van der Waals surface area contributed by atoms with Crippen molar-refractivity contribution in [1.82, 2.24) is 14.5 Å². The number of rotatable bonds is 8. The van der Waals surface area contributed by atoms with E-state index in [4.69, 9.17) is 32.7 Å². The lowest BCUT2D eigenvalue weighted by molar-refractivity contribution is 0.0695. The number of halogens is 2. The van der Waals surface area contributed by atoms with Crippen molar-refractivity contribution in [3.63, 3.8) is 0 Å². The van der Waals surface area contributed by atoms with Crippen LogP contribution >= 0.6 is 23.2 Å². The average molecular weight is 598 g/mol. The normalized spacial score (nSPS) is 16.7. The number of pyridine rings is 3. The van der Waals surface area contributed by atoms with E-state index < -0.39 is 11.4 Å². The van der Waals surface area contributed by atoms with Crippen molar-refractivity contribution in [3.05, 3.63) is 74.8 Å². The third-order valence-electron chi connectivity index (χ3n) is 7.29. The van der Waals surface area contributed by atoms with Crippen LogP contribution in [0.25, 0.3) is 16.6 Å². The molecule has 12 heteroatoms. The summed E-state index contributed by atoms with van der Waals surface area (Å²) in [5, 5.41) is 10.6. The monoisotopic (exact) mass is 597 g/mol. The average Bonchev–Trinajstić information content (AvgIpc) is 3.32. The Bertz CT molecular complexity index is 1680. The molecule has 0 radical (unpaired) electrons. The number of carboxylic acids is 1. The zero-order valence-electron chi connectivity index (χ0n) is 23.0. The van der Waals surface area contributed by atoms with Crippen LogP contribution in [0.4, 0.5) is 11.5 Å². The minimum Gasteiger partial charge on any atom is -0.495 e. The molecule has 0 saturated carbocycles. The summed E-state index contributed by atoms with van der Waals surface area (Å²) >= 11 is 13.2. The van der Waals surface area contributed by atoms with Crippen LogP contribution in [0.1, 0.15) is 30.1 Å². The van der Waals surface area contributed by atoms with Crippen molar-refractivity contribution in [2.75, 3.05) is 37.6 Å². The van der Waals surface area contributed by atoms with Crippen molar-refractivity contribution < 1.29 is 19.4 Å². The Kier molecular flexibility index (Phi) is 7.97. The molecular weight excluding hydrogens is 569 g/mol. The topological polar surface area (TPSA) is 110 Å². The number of ether oxygens (including phenoxy) is 2. The number of fused-ring (bicyclic) bond motifs is 1. The van der Waals surface area contributed by atoms with Crippen molar-refractivity contribution >= 4 is 51.6 Å². The summed E-state index contributed by atoms with van der Waals surface area (Å²) in [4.78, 5) is 37.9. The van der Waals surface area contributed by atoms with Gasteiger partial charge in [0.15, 0.2) is 0 Å². The summed E-state index contributed by atoms with van der Waals surface area (Å²) < 4.78 is 13.0. The molecule has 10 nitrogen and oxygen atoms in total. The standard InChI is InChI=1S/C29H29Cl2N5O5/c1-16-5-6-18(15-41-28-26(31)24(40-4)9-10-32-28)36(16)23-12-22-19(11-21(23)30)27(37)20(29(38)39)14-35(22)17-7-8-25(33-13-17)34(2)3/h7-14,16,18H,5-6,15H2,1-4H3,(H,38,39)/t16-,18-/m1/s1. The lowest BCUT2D eigenvalue weighted by Gasteiger charge is -2.32. The van der Waals surface area contributed by atoms with Gasteiger partial charge in [0.05, 0.1) is 41.3 Å². The molecule has 0 spiro atoms. The molecule has 1 aliphatic rings. The van der Waals surface area contributed by atoms with Crippen LogP contribution in [-0.4, -0.2) is 65.5 Å². The molecule has 0 amide bonds. The smallest absolute Gasteiger partial charge is 0.341 e. The van der Waals surface area contributed by atoms with Crippen LogP contribution in [0.3, 0.4) is 0 Å². The van der Waals surface area contributed by atoms with Gasteiger partial charge in [-0.3, -0.25) is 4.79 Å². The molecule has 0 unspecified atom stereocenters. The van der Waals surface area contributed by atoms with Gasteiger partial charge in [-0.1, -0.05) is 23.2 Å². The second-order valence-electron chi connectivity index (χ2n) is 10.1. The van der Waals surface area contributed by atoms with E-state index in [0.717, 1.165) is 18.7 Å². The maximum Gasteiger partial charge on any atom is 0.341 e. The Morgan fingerprint density at radius 2 is 1.95 bits per heavy atom. The summed E-state index contributed by atoms with van der Waals surface area (Å²) in [6, 6.07) is 8.73. The fraction of sp³-hybridized carbons (Fsp3) is 0.310. The molecular formula is C29H29Cl2N5O5. The molecule has 1 aliphatic heterocycles. The van der Waals surface area contributed by atoms with E-state index in [1.54, 1.807) is 29.1 Å². The van der Waals surface area contributed by atoms with Crippen LogP contribution in [0.5, 0.6) is 11.6 Å². The third kappa shape index (κ3) is 5.37. The van der Waals surface area contributed by atoms with Crippen molar-refractivity contribution in [1.29, 1.82) is 0 Å². The molecule has 1 fully saturated rings. The van der Waals surface area contributed by atoms with Crippen LogP contribution in [0.2, 0.25) is 10.0 Å². The van der Waals surface area contributed by atoms with Gasteiger partial charge in [-0.15, -0.1) is 0 Å². The largest absolute Gasteiger partial charge is 0.495 e. The SMILES string of the molecule is COc1ccnc(OC[C@H]2CC[C@@H](C)N2c2cc3c(cc2Cl)c(=O)c(C(=O)O)cn3-c2ccc(N(C)C)nc2)c1Cl. The first-order valence-electron chi connectivity index (χ1n) is 13.0. The molecule has 3 aromatic heterocycles. The van der Waals surface area contributed by atoms with E-state index >= 15 is 0 Å². The van der Waals surface area contributed by atoms with E-state index in [0.29, 0.717) is 39.3 Å². The number of hydrogen-bond acceptors (Lipinski definition) is 8. The first-order chi connectivity index (χ1) is 19.6. The Morgan fingerprint density at radius 3 is 2.61 bits per heavy atom. The van der Waals surface area contributed by atoms with Gasteiger partial charge < -0.3 is 28.9 Å². The summed E-state index contributed by atoms with van der Waals surface area (Å²) in [7, 11) is 5.28. The number of anilines is 2. The Labute approximate surface area is 246 Å². The van der Waals surface area contributed by atoms with Crippen molar-refractivity contribution in [3.8, 4) is 17.3 Å². The highest BCUT2D eigenvalue weighted by atomic mass is 35.5. The number of aromatic nitrogens is 3. The second-order valence-corrected chi connectivity index (χ2v) is 10.9. The summed E-state index contributed by atoms with van der Waals surface area (Å²) in [6.45, 7) is 2.39. The van der Waals surface area contributed by atoms with E-state index in [9.17, 15) is 14.7 Å². The van der Waals surface area contributed by atoms with E-state index in [-0.39, 0.29) is 28.9 Å². The summed E-state index contributed by atoms with van der Waals surface area (Å²) in [5.41, 5.74) is 0.848. The van der Waals surface area contributed by atoms with Crippen LogP contribution < -0.4 is 24.7 Å². The highest BCUT2D eigenvalue weighted by Gasteiger charge is 2.33. The molecule has 1 aromatic carbocycles. The van der Waals surface area contributed by atoms with Crippen LogP contribution in [-0.2, 0) is 0 Å². The maximum absolute atomic E-state index is 13.2. The van der Waals surface area contributed by atoms with Gasteiger partial charge in [-0.25, -0.2) is 14.8 Å². The zero-order chi connectivity index (χ0) is 29.4. The summed E-state index contributed by atoms with van der Waals surface area (Å²) in [6.07, 6.45) is 6.26. The second kappa shape index (κ2) is 11.5. The Balaban J connectivity index is 1.59. The number of hydrogen-bond donors (Lipinski definition) is 1. The highest BCUT2D eigenvalue weighted by molar-refractivity contribution is 6.34. The van der Waals surface area contributed by atoms with Gasteiger partial charge in [0, 0.05) is 44.0 Å². The molecule has 2 atom stereocenters. The number of benzene rings is 1. The minimum atomic E-state index is -1.32. The maximum atomic E-state index is 13.2. The highest BCUT2D eigenvalue weighted by Crippen LogP contribution is 2.39. The molecule has 0 aliphatic carbocycles. The first-order valence-corrected chi connectivity index (χ1v) is 13.7. The van der Waals surface area contributed by atoms with E-state index in [1.165, 1.54) is 13.3 Å². The van der Waals surface area contributed by atoms with Gasteiger partial charge in [-0.2, -0.15) is 0 Å². The van der Waals surface area contributed by atoms with Crippen molar-refractivity contribution in [2.24, 2.45) is 0 Å². The van der Waals surface area contributed by atoms with Gasteiger partial charge in [0.2, 0.25) is 11.3 Å². The minimum absolute atomic E-state index is 0.0662. The zero-order valence-corrected chi connectivity index (χ0v) is 24.5. The fourth-order valence-electron chi connectivity index (χ4n) is 5.19. The lowest BCUT2D eigenvalue weighted by Crippen LogP contribution is -2.38. The molecule has 41 heavy (non-hydrogen) atoms. The number of carboxylic acid groups (broad SMARTS) is 1. The number of nitrogens with zero attached hydrogens (tertiary/aromatic N) is 5. The van der Waals surface area contributed by atoms with Gasteiger partial charge >= 0.3 is 5.97 Å². The molecule has 1 saturated heterocycles. The lowest BCUT2D eigenvalue weighted by atomic mass is 10.1. The number of carbonyl (C=O) groups is 1. The molecule has 4 aromatic rings. The van der Waals surface area contributed by atoms with Gasteiger partial charge in [0.25, 0.3) is 0 Å². The number of aromatic carboxylic acids is 1. The summed E-state index contributed by atoms with van der Waals surface area (Å²) in [5.74, 6) is 0.163. The van der Waals surface area contributed by atoms with Gasteiger partial charge in [-0.05, 0) is 44.0 Å². The Morgan fingerprint density at radius 1 is 1.17 bits per heavy atom. The fourth-order valence-corrected chi connectivity index (χ4v) is 5.70. The van der Waals surface area contributed by atoms with E-state index in [1.807, 2.05) is 37.2 Å². The third-order valence-corrected chi connectivity index (χ3v) is 7.94. The predicted molar refractivity (Wildman–Crippen MR) is 160 cm³/mol. The van der Waals surface area contributed by atoms with Gasteiger partial charge in [0.1, 0.15) is 28.8 Å². The number of methoxy groups -OCH3 is 1. The molecule has 4 heterocycles. The van der Waals surface area contributed by atoms with Crippen LogP contribution in [0.15, 0.2) is 53.7 Å². The first kappa shape index (κ1) is 28.5. The Hall–Kier alpha value is -4.02. The molecule has 214 valence electrons. The molecule has 0 bridgehead atoms. The van der Waals surface area contributed by atoms with Crippen molar-refractivity contribution in [2.45, 2.75) is 31.8 Å². The van der Waals surface area contributed by atoms with E-state index in [2.05, 4.69) is 21.8 Å². The van der Waals surface area contributed by atoms with Crippen LogP contribution in [0, 0.1) is 0 Å². The predicted octanol–water partition coefficient (Wildman–Crippen LogP) is 5.30. The molecule has 1 N–H and O–H groups in total. The quantitative estimate of drug-likeness (QED) is 0.289.